The van der Waals surface area contributed by atoms with Crippen molar-refractivity contribution in [2.75, 3.05) is 5.73 Å². The third-order valence-electron chi connectivity index (χ3n) is 7.23. The number of carbonyl (C=O) groups is 1. The summed E-state index contributed by atoms with van der Waals surface area (Å²) in [5.41, 5.74) is 8.46. The minimum absolute atomic E-state index is 0.172. The fourth-order valence-electron chi connectivity index (χ4n) is 5.42. The SMILES string of the molecule is CC(CCCc1cc(C(F)(F)F)ccc1C(F)(F)F)CC(C(=O)O)c1c(N)ccc2c1Cc1ccccc1-2. The van der Waals surface area contributed by atoms with E-state index < -0.39 is 40.9 Å². The van der Waals surface area contributed by atoms with E-state index in [0.29, 0.717) is 42.3 Å². The number of anilines is 1. The van der Waals surface area contributed by atoms with Gasteiger partial charge in [0.15, 0.2) is 0 Å². The molecule has 0 radical (unpaired) electrons. The van der Waals surface area contributed by atoms with Gasteiger partial charge in [-0.15, -0.1) is 0 Å². The summed E-state index contributed by atoms with van der Waals surface area (Å²) in [6, 6.07) is 12.8. The molecular formula is C29H27F6NO2. The fraction of sp³-hybridized carbons (Fsp3) is 0.345. The van der Waals surface area contributed by atoms with Gasteiger partial charge in [0.05, 0.1) is 17.0 Å². The zero-order valence-corrected chi connectivity index (χ0v) is 20.6. The Morgan fingerprint density at radius 2 is 1.68 bits per heavy atom. The van der Waals surface area contributed by atoms with Gasteiger partial charge in [-0.25, -0.2) is 0 Å². The zero-order chi connectivity index (χ0) is 27.8. The van der Waals surface area contributed by atoms with E-state index in [1.54, 1.807) is 13.0 Å². The molecule has 0 aliphatic heterocycles. The summed E-state index contributed by atoms with van der Waals surface area (Å²) in [4.78, 5) is 12.4. The van der Waals surface area contributed by atoms with Crippen LogP contribution in [-0.2, 0) is 30.0 Å². The molecule has 0 saturated heterocycles. The van der Waals surface area contributed by atoms with Gasteiger partial charge in [0, 0.05) is 5.69 Å². The van der Waals surface area contributed by atoms with Gasteiger partial charge < -0.3 is 10.8 Å². The number of nitrogen functional groups attached to an aromatic ring is 1. The smallest absolute Gasteiger partial charge is 0.416 e. The molecule has 38 heavy (non-hydrogen) atoms. The third-order valence-corrected chi connectivity index (χ3v) is 7.23. The quantitative estimate of drug-likeness (QED) is 0.177. The van der Waals surface area contributed by atoms with Gasteiger partial charge in [-0.3, -0.25) is 4.79 Å². The normalized spacial score (nSPS) is 14.6. The summed E-state index contributed by atoms with van der Waals surface area (Å²) in [5, 5.41) is 10.1. The highest BCUT2D eigenvalue weighted by molar-refractivity contribution is 5.86. The van der Waals surface area contributed by atoms with Gasteiger partial charge in [0.1, 0.15) is 0 Å². The number of carboxylic acids is 1. The molecule has 9 heteroatoms. The molecule has 4 rings (SSSR count). The van der Waals surface area contributed by atoms with Gasteiger partial charge >= 0.3 is 18.3 Å². The highest BCUT2D eigenvalue weighted by Crippen LogP contribution is 2.44. The molecule has 3 aromatic rings. The Labute approximate surface area is 216 Å². The summed E-state index contributed by atoms with van der Waals surface area (Å²) in [6.07, 6.45) is -8.48. The molecule has 0 saturated carbocycles. The van der Waals surface area contributed by atoms with Crippen LogP contribution >= 0.6 is 0 Å². The number of carboxylic acid groups (broad SMARTS) is 1. The molecule has 0 amide bonds. The van der Waals surface area contributed by atoms with Crippen LogP contribution in [0.1, 0.15) is 65.5 Å². The van der Waals surface area contributed by atoms with E-state index in [1.165, 1.54) is 0 Å². The van der Waals surface area contributed by atoms with Crippen molar-refractivity contribution < 1.29 is 36.2 Å². The van der Waals surface area contributed by atoms with Crippen molar-refractivity contribution in [3.05, 3.63) is 88.0 Å². The van der Waals surface area contributed by atoms with Crippen molar-refractivity contribution in [1.29, 1.82) is 0 Å². The standard InChI is InChI=1S/C29H27F6NO2/c1-16(5-4-7-18-14-19(28(30,31)32)9-11-24(18)29(33,34)35)13-23(27(37)38)26-22-15-17-6-2-3-8-20(17)21(22)10-12-25(26)36/h2-3,6,8-12,14,16,23H,4-5,7,13,15,36H2,1H3,(H,37,38). The molecule has 202 valence electrons. The monoisotopic (exact) mass is 535 g/mol. The van der Waals surface area contributed by atoms with Crippen molar-refractivity contribution in [2.24, 2.45) is 5.92 Å². The number of halogens is 6. The summed E-state index contributed by atoms with van der Waals surface area (Å²) >= 11 is 0. The lowest BCUT2D eigenvalue weighted by Crippen LogP contribution is -2.18. The number of hydrogen-bond acceptors (Lipinski definition) is 2. The Kier molecular flexibility index (Phi) is 7.50. The van der Waals surface area contributed by atoms with E-state index in [9.17, 15) is 36.2 Å². The van der Waals surface area contributed by atoms with Crippen LogP contribution in [0.5, 0.6) is 0 Å². The molecule has 0 heterocycles. The predicted octanol–water partition coefficient (Wildman–Crippen LogP) is 8.09. The molecule has 3 aromatic carbocycles. The number of aliphatic carboxylic acids is 1. The molecule has 1 aliphatic carbocycles. The Morgan fingerprint density at radius 1 is 0.974 bits per heavy atom. The summed E-state index contributed by atoms with van der Waals surface area (Å²) in [7, 11) is 0. The third kappa shape index (κ3) is 5.66. The van der Waals surface area contributed by atoms with Gasteiger partial charge in [0.2, 0.25) is 0 Å². The van der Waals surface area contributed by atoms with Crippen LogP contribution in [-0.4, -0.2) is 11.1 Å². The average Bonchev–Trinajstić information content (AvgIpc) is 3.20. The molecule has 0 spiro atoms. The maximum atomic E-state index is 13.4. The highest BCUT2D eigenvalue weighted by Gasteiger charge is 2.37. The first-order chi connectivity index (χ1) is 17.8. The number of fused-ring (bicyclic) bond motifs is 3. The summed E-state index contributed by atoms with van der Waals surface area (Å²) in [5.74, 6) is -2.20. The van der Waals surface area contributed by atoms with E-state index >= 15 is 0 Å². The predicted molar refractivity (Wildman–Crippen MR) is 133 cm³/mol. The van der Waals surface area contributed by atoms with E-state index in [4.69, 9.17) is 5.73 Å². The van der Waals surface area contributed by atoms with Gasteiger partial charge in [-0.1, -0.05) is 43.7 Å². The second kappa shape index (κ2) is 10.3. The van der Waals surface area contributed by atoms with E-state index in [2.05, 4.69) is 0 Å². The van der Waals surface area contributed by atoms with Crippen molar-refractivity contribution >= 4 is 11.7 Å². The van der Waals surface area contributed by atoms with E-state index in [-0.39, 0.29) is 25.2 Å². The van der Waals surface area contributed by atoms with Crippen LogP contribution in [0, 0.1) is 5.92 Å². The molecule has 2 atom stereocenters. The summed E-state index contributed by atoms with van der Waals surface area (Å²) < 4.78 is 79.5. The number of nitrogens with two attached hydrogens (primary N) is 1. The second-order valence-electron chi connectivity index (χ2n) is 9.92. The first-order valence-corrected chi connectivity index (χ1v) is 12.3. The van der Waals surface area contributed by atoms with Crippen molar-refractivity contribution in [1.82, 2.24) is 0 Å². The Hall–Kier alpha value is -3.49. The van der Waals surface area contributed by atoms with Crippen LogP contribution in [0.4, 0.5) is 32.0 Å². The largest absolute Gasteiger partial charge is 0.481 e. The molecule has 3 nitrogen and oxygen atoms in total. The van der Waals surface area contributed by atoms with Crippen molar-refractivity contribution in [2.45, 2.75) is 57.3 Å². The zero-order valence-electron chi connectivity index (χ0n) is 20.6. The molecule has 0 bridgehead atoms. The van der Waals surface area contributed by atoms with E-state index in [1.807, 2.05) is 30.3 Å². The Bertz CT molecular complexity index is 1350. The summed E-state index contributed by atoms with van der Waals surface area (Å²) in [6.45, 7) is 1.79. The lowest BCUT2D eigenvalue weighted by molar-refractivity contribution is -0.141. The molecular weight excluding hydrogens is 508 g/mol. The number of rotatable bonds is 8. The molecule has 1 aliphatic rings. The fourth-order valence-corrected chi connectivity index (χ4v) is 5.42. The first kappa shape index (κ1) is 27.5. The number of hydrogen-bond donors (Lipinski definition) is 2. The Morgan fingerprint density at radius 3 is 2.34 bits per heavy atom. The molecule has 3 N–H and O–H groups in total. The maximum Gasteiger partial charge on any atom is 0.416 e. The maximum absolute atomic E-state index is 13.4. The van der Waals surface area contributed by atoms with Crippen LogP contribution in [0.25, 0.3) is 11.1 Å². The van der Waals surface area contributed by atoms with Gasteiger partial charge in [-0.05, 0) is 89.2 Å². The van der Waals surface area contributed by atoms with Crippen LogP contribution in [0.2, 0.25) is 0 Å². The Balaban J connectivity index is 1.51. The topological polar surface area (TPSA) is 63.3 Å². The lowest BCUT2D eigenvalue weighted by atomic mass is 9.82. The van der Waals surface area contributed by atoms with Crippen LogP contribution in [0.15, 0.2) is 54.6 Å². The minimum atomic E-state index is -4.78. The second-order valence-corrected chi connectivity index (χ2v) is 9.92. The van der Waals surface area contributed by atoms with Gasteiger partial charge in [-0.2, -0.15) is 26.3 Å². The van der Waals surface area contributed by atoms with Crippen molar-refractivity contribution in [3.8, 4) is 11.1 Å². The van der Waals surface area contributed by atoms with E-state index in [0.717, 1.165) is 22.3 Å². The van der Waals surface area contributed by atoms with Crippen LogP contribution < -0.4 is 5.73 Å². The molecule has 0 fully saturated rings. The average molecular weight is 536 g/mol. The lowest BCUT2D eigenvalue weighted by Gasteiger charge is -2.22. The van der Waals surface area contributed by atoms with Gasteiger partial charge in [0.25, 0.3) is 0 Å². The molecule has 2 unspecified atom stereocenters. The highest BCUT2D eigenvalue weighted by atomic mass is 19.4. The minimum Gasteiger partial charge on any atom is -0.481 e. The number of aryl methyl sites for hydroxylation is 1. The van der Waals surface area contributed by atoms with Crippen molar-refractivity contribution in [3.63, 3.8) is 0 Å². The number of benzene rings is 3. The first-order valence-electron chi connectivity index (χ1n) is 12.3. The molecule has 0 aromatic heterocycles. The number of alkyl halides is 6. The van der Waals surface area contributed by atoms with Crippen LogP contribution in [0.3, 0.4) is 0 Å².